The van der Waals surface area contributed by atoms with Gasteiger partial charge in [0.05, 0.1) is 5.56 Å². The van der Waals surface area contributed by atoms with E-state index < -0.39 is 0 Å². The zero-order chi connectivity index (χ0) is 20.9. The summed E-state index contributed by atoms with van der Waals surface area (Å²) in [5.41, 5.74) is 0.868. The molecule has 0 unspecified atom stereocenters. The molecule has 2 aromatic heterocycles. The molecular formula is C22H32N6O2. The lowest BCUT2D eigenvalue weighted by Gasteiger charge is -2.34. The second-order valence-electron chi connectivity index (χ2n) is 8.44. The van der Waals surface area contributed by atoms with Gasteiger partial charge in [-0.15, -0.1) is 0 Å². The number of anilines is 1. The van der Waals surface area contributed by atoms with Crippen molar-refractivity contribution in [2.75, 3.05) is 37.6 Å². The zero-order valence-electron chi connectivity index (χ0n) is 18.0. The number of carbonyl (C=O) groups is 1. The van der Waals surface area contributed by atoms with E-state index in [1.54, 1.807) is 13.1 Å². The standard InChI is InChI=1S/C22H32N6O2/c1-16-6-3-4-12-27(16)15-11-24-22(29)18-8-13-28(14-9-18)21-19(7-5-10-23-21)20-25-17(2)30-26-20/h5,7,10,16,18H,3-4,6,8-9,11-15H2,1-2H3,(H,24,29)/t16-/m0/s1. The smallest absolute Gasteiger partial charge is 0.223 e. The Morgan fingerprint density at radius 3 is 2.80 bits per heavy atom. The third kappa shape index (κ3) is 4.80. The maximum atomic E-state index is 12.7. The van der Waals surface area contributed by atoms with E-state index in [2.05, 4.69) is 37.2 Å². The Balaban J connectivity index is 1.28. The van der Waals surface area contributed by atoms with Gasteiger partial charge in [-0.05, 0) is 51.3 Å². The van der Waals surface area contributed by atoms with Crippen LogP contribution in [0.15, 0.2) is 22.9 Å². The van der Waals surface area contributed by atoms with E-state index in [-0.39, 0.29) is 11.8 Å². The van der Waals surface area contributed by atoms with Crippen LogP contribution in [0.1, 0.15) is 44.9 Å². The summed E-state index contributed by atoms with van der Waals surface area (Å²) in [6.45, 7) is 8.51. The number of nitrogens with zero attached hydrogens (tertiary/aromatic N) is 5. The van der Waals surface area contributed by atoms with Crippen molar-refractivity contribution in [3.8, 4) is 11.4 Å². The lowest BCUT2D eigenvalue weighted by atomic mass is 9.95. The largest absolute Gasteiger partial charge is 0.356 e. The normalized spacial score (nSPS) is 21.0. The van der Waals surface area contributed by atoms with Crippen LogP contribution in [-0.2, 0) is 4.79 Å². The highest BCUT2D eigenvalue weighted by Crippen LogP contribution is 2.30. The second-order valence-corrected chi connectivity index (χ2v) is 8.44. The van der Waals surface area contributed by atoms with Crippen LogP contribution in [0.5, 0.6) is 0 Å². The molecule has 8 heteroatoms. The van der Waals surface area contributed by atoms with Gasteiger partial charge in [0.2, 0.25) is 17.6 Å². The van der Waals surface area contributed by atoms with Crippen molar-refractivity contribution in [2.45, 2.75) is 52.0 Å². The van der Waals surface area contributed by atoms with Gasteiger partial charge in [0.25, 0.3) is 0 Å². The summed E-state index contributed by atoms with van der Waals surface area (Å²) in [5.74, 6) is 2.21. The predicted molar refractivity (Wildman–Crippen MR) is 115 cm³/mol. The number of aryl methyl sites for hydroxylation is 1. The topological polar surface area (TPSA) is 87.4 Å². The number of likely N-dealkylation sites (tertiary alicyclic amines) is 1. The number of rotatable bonds is 6. The third-order valence-electron chi connectivity index (χ3n) is 6.36. The van der Waals surface area contributed by atoms with Crippen LogP contribution >= 0.6 is 0 Å². The molecule has 0 radical (unpaired) electrons. The summed E-state index contributed by atoms with van der Waals surface area (Å²) < 4.78 is 5.13. The quantitative estimate of drug-likeness (QED) is 0.780. The Hall–Kier alpha value is -2.48. The number of aromatic nitrogens is 3. The molecule has 0 aromatic carbocycles. The van der Waals surface area contributed by atoms with Crippen molar-refractivity contribution in [3.63, 3.8) is 0 Å². The summed E-state index contributed by atoms with van der Waals surface area (Å²) in [6.07, 6.45) is 7.31. The fraction of sp³-hybridized carbons (Fsp3) is 0.636. The SMILES string of the molecule is Cc1nc(-c2cccnc2N2CCC(C(=O)NCCN3CCCC[C@@H]3C)CC2)no1. The summed E-state index contributed by atoms with van der Waals surface area (Å²) in [6, 6.07) is 4.48. The van der Waals surface area contributed by atoms with E-state index in [1.807, 2.05) is 12.1 Å². The van der Waals surface area contributed by atoms with Crippen molar-refractivity contribution in [2.24, 2.45) is 5.92 Å². The lowest BCUT2D eigenvalue weighted by molar-refractivity contribution is -0.125. The first-order valence-electron chi connectivity index (χ1n) is 11.1. The monoisotopic (exact) mass is 412 g/mol. The predicted octanol–water partition coefficient (Wildman–Crippen LogP) is 2.65. The number of nitrogens with one attached hydrogen (secondary N) is 1. The zero-order valence-corrected chi connectivity index (χ0v) is 18.0. The first-order valence-corrected chi connectivity index (χ1v) is 11.1. The molecule has 0 aliphatic carbocycles. The molecule has 0 bridgehead atoms. The van der Waals surface area contributed by atoms with E-state index in [1.165, 1.54) is 19.3 Å². The molecule has 2 fully saturated rings. The highest BCUT2D eigenvalue weighted by molar-refractivity contribution is 5.79. The van der Waals surface area contributed by atoms with Gasteiger partial charge in [0.15, 0.2) is 0 Å². The molecule has 1 amide bonds. The fourth-order valence-corrected chi connectivity index (χ4v) is 4.54. The van der Waals surface area contributed by atoms with Crippen LogP contribution in [0.2, 0.25) is 0 Å². The fourth-order valence-electron chi connectivity index (χ4n) is 4.54. The number of carbonyl (C=O) groups excluding carboxylic acids is 1. The Morgan fingerprint density at radius 1 is 1.23 bits per heavy atom. The molecular weight excluding hydrogens is 380 g/mol. The molecule has 162 valence electrons. The number of hydrogen-bond acceptors (Lipinski definition) is 7. The van der Waals surface area contributed by atoms with Crippen molar-refractivity contribution < 1.29 is 9.32 Å². The molecule has 4 rings (SSSR count). The van der Waals surface area contributed by atoms with Crippen LogP contribution in [0.25, 0.3) is 11.4 Å². The van der Waals surface area contributed by atoms with Gasteiger partial charge < -0.3 is 14.7 Å². The maximum absolute atomic E-state index is 12.7. The summed E-state index contributed by atoms with van der Waals surface area (Å²) in [7, 11) is 0. The van der Waals surface area contributed by atoms with Crippen LogP contribution in [0.3, 0.4) is 0 Å². The average molecular weight is 413 g/mol. The minimum absolute atomic E-state index is 0.0691. The lowest BCUT2D eigenvalue weighted by Crippen LogP contribution is -2.45. The Morgan fingerprint density at radius 2 is 2.07 bits per heavy atom. The third-order valence-corrected chi connectivity index (χ3v) is 6.36. The number of amides is 1. The van der Waals surface area contributed by atoms with E-state index in [9.17, 15) is 4.79 Å². The van der Waals surface area contributed by atoms with Crippen molar-refractivity contribution in [1.82, 2.24) is 25.3 Å². The van der Waals surface area contributed by atoms with Gasteiger partial charge in [-0.1, -0.05) is 11.6 Å². The number of piperidine rings is 2. The molecule has 2 aliphatic heterocycles. The minimum Gasteiger partial charge on any atom is -0.356 e. The Labute approximate surface area is 178 Å². The van der Waals surface area contributed by atoms with Crippen LogP contribution < -0.4 is 10.2 Å². The van der Waals surface area contributed by atoms with Crippen LogP contribution in [-0.4, -0.2) is 64.7 Å². The second kappa shape index (κ2) is 9.55. The Kier molecular flexibility index (Phi) is 6.62. The minimum atomic E-state index is 0.0691. The average Bonchev–Trinajstić information content (AvgIpc) is 3.21. The first-order chi connectivity index (χ1) is 14.6. The molecule has 2 aliphatic rings. The molecule has 8 nitrogen and oxygen atoms in total. The highest BCUT2D eigenvalue weighted by Gasteiger charge is 2.27. The molecule has 2 saturated heterocycles. The number of pyridine rings is 1. The van der Waals surface area contributed by atoms with E-state index in [0.29, 0.717) is 17.8 Å². The maximum Gasteiger partial charge on any atom is 0.223 e. The molecule has 4 heterocycles. The van der Waals surface area contributed by atoms with E-state index >= 15 is 0 Å². The first kappa shape index (κ1) is 20.8. The molecule has 1 N–H and O–H groups in total. The molecule has 1 atom stereocenters. The highest BCUT2D eigenvalue weighted by atomic mass is 16.5. The summed E-state index contributed by atoms with van der Waals surface area (Å²) >= 11 is 0. The van der Waals surface area contributed by atoms with Crippen molar-refractivity contribution in [1.29, 1.82) is 0 Å². The number of hydrogen-bond donors (Lipinski definition) is 1. The van der Waals surface area contributed by atoms with Gasteiger partial charge in [0.1, 0.15) is 5.82 Å². The van der Waals surface area contributed by atoms with E-state index in [0.717, 1.165) is 56.9 Å². The van der Waals surface area contributed by atoms with Gasteiger partial charge >= 0.3 is 0 Å². The van der Waals surface area contributed by atoms with Crippen molar-refractivity contribution >= 4 is 11.7 Å². The van der Waals surface area contributed by atoms with E-state index in [4.69, 9.17) is 4.52 Å². The van der Waals surface area contributed by atoms with Crippen molar-refractivity contribution in [3.05, 3.63) is 24.2 Å². The molecule has 0 saturated carbocycles. The summed E-state index contributed by atoms with van der Waals surface area (Å²) in [4.78, 5) is 26.3. The summed E-state index contributed by atoms with van der Waals surface area (Å²) in [5, 5.41) is 7.21. The molecule has 0 spiro atoms. The Bertz CT molecular complexity index is 846. The van der Waals surface area contributed by atoms with Gasteiger partial charge in [0, 0.05) is 51.3 Å². The molecule has 30 heavy (non-hydrogen) atoms. The van der Waals surface area contributed by atoms with Crippen LogP contribution in [0.4, 0.5) is 5.82 Å². The van der Waals surface area contributed by atoms with Crippen LogP contribution in [0, 0.1) is 12.8 Å². The van der Waals surface area contributed by atoms with Gasteiger partial charge in [-0.2, -0.15) is 4.98 Å². The molecule has 2 aromatic rings. The van der Waals surface area contributed by atoms with Gasteiger partial charge in [-0.25, -0.2) is 4.98 Å². The van der Waals surface area contributed by atoms with Gasteiger partial charge in [-0.3, -0.25) is 9.69 Å².